The van der Waals surface area contributed by atoms with E-state index in [4.69, 9.17) is 0 Å². The normalized spacial score (nSPS) is 33.6. The molecule has 0 bridgehead atoms. The van der Waals surface area contributed by atoms with Gasteiger partial charge < -0.3 is 10.4 Å². The minimum absolute atomic E-state index is 0.0177. The molecule has 2 saturated carbocycles. The van der Waals surface area contributed by atoms with Gasteiger partial charge in [0.1, 0.15) is 0 Å². The van der Waals surface area contributed by atoms with Crippen LogP contribution < -0.4 is 5.32 Å². The molecular weight excluding hydrogens is 198 g/mol. The van der Waals surface area contributed by atoms with Crippen LogP contribution in [0.4, 0.5) is 0 Å². The van der Waals surface area contributed by atoms with Crippen LogP contribution >= 0.6 is 0 Å². The van der Waals surface area contributed by atoms with Crippen LogP contribution in [-0.2, 0) is 0 Å². The zero-order valence-electron chi connectivity index (χ0n) is 10.5. The third-order valence-electron chi connectivity index (χ3n) is 4.37. The monoisotopic (exact) mass is 225 g/mol. The SMILES string of the molecule is OC1CCC(NCC2CCCCCC2)CC1. The summed E-state index contributed by atoms with van der Waals surface area (Å²) in [5.41, 5.74) is 0. The van der Waals surface area contributed by atoms with Crippen LogP contribution in [0.2, 0.25) is 0 Å². The second-order valence-electron chi connectivity index (χ2n) is 5.77. The standard InChI is InChI=1S/C14H27NO/c16-14-9-7-13(8-10-14)15-11-12-5-3-1-2-4-6-12/h12-16H,1-11H2. The van der Waals surface area contributed by atoms with Crippen molar-refractivity contribution in [2.24, 2.45) is 5.92 Å². The van der Waals surface area contributed by atoms with Gasteiger partial charge in [0.15, 0.2) is 0 Å². The van der Waals surface area contributed by atoms with Gasteiger partial charge in [-0.15, -0.1) is 0 Å². The van der Waals surface area contributed by atoms with E-state index in [2.05, 4.69) is 5.32 Å². The maximum Gasteiger partial charge on any atom is 0.0541 e. The van der Waals surface area contributed by atoms with Crippen molar-refractivity contribution in [1.82, 2.24) is 5.32 Å². The molecular formula is C14H27NO. The molecule has 0 aromatic carbocycles. The molecule has 0 aromatic rings. The van der Waals surface area contributed by atoms with Crippen molar-refractivity contribution in [3.63, 3.8) is 0 Å². The van der Waals surface area contributed by atoms with Crippen LogP contribution in [0.3, 0.4) is 0 Å². The quantitative estimate of drug-likeness (QED) is 0.724. The Morgan fingerprint density at radius 1 is 0.812 bits per heavy atom. The number of hydrogen-bond donors (Lipinski definition) is 2. The zero-order valence-corrected chi connectivity index (χ0v) is 10.5. The van der Waals surface area contributed by atoms with Crippen molar-refractivity contribution >= 4 is 0 Å². The molecule has 2 fully saturated rings. The van der Waals surface area contributed by atoms with Gasteiger partial charge in [-0.2, -0.15) is 0 Å². The highest BCUT2D eigenvalue weighted by Crippen LogP contribution is 2.23. The Hall–Kier alpha value is -0.0800. The van der Waals surface area contributed by atoms with Gasteiger partial charge in [-0.25, -0.2) is 0 Å². The smallest absolute Gasteiger partial charge is 0.0541 e. The first kappa shape index (κ1) is 12.4. The summed E-state index contributed by atoms with van der Waals surface area (Å²) in [7, 11) is 0. The topological polar surface area (TPSA) is 32.3 Å². The molecule has 0 aliphatic heterocycles. The first-order valence-electron chi connectivity index (χ1n) is 7.26. The average molecular weight is 225 g/mol. The molecule has 2 N–H and O–H groups in total. The highest BCUT2D eigenvalue weighted by Gasteiger charge is 2.20. The number of rotatable bonds is 3. The highest BCUT2D eigenvalue weighted by atomic mass is 16.3. The molecule has 16 heavy (non-hydrogen) atoms. The largest absolute Gasteiger partial charge is 0.393 e. The molecule has 2 rings (SSSR count). The van der Waals surface area contributed by atoms with Crippen LogP contribution in [-0.4, -0.2) is 23.8 Å². The summed E-state index contributed by atoms with van der Waals surface area (Å²) in [5, 5.41) is 13.2. The number of hydrogen-bond acceptors (Lipinski definition) is 2. The van der Waals surface area contributed by atoms with Gasteiger partial charge in [0.2, 0.25) is 0 Å². The Labute approximate surface area is 99.8 Å². The van der Waals surface area contributed by atoms with E-state index in [-0.39, 0.29) is 6.10 Å². The summed E-state index contributed by atoms with van der Waals surface area (Å²) in [4.78, 5) is 0. The number of aliphatic hydroxyl groups excluding tert-OH is 1. The van der Waals surface area contributed by atoms with Gasteiger partial charge in [0.25, 0.3) is 0 Å². The molecule has 2 aliphatic rings. The van der Waals surface area contributed by atoms with Crippen molar-refractivity contribution in [3.05, 3.63) is 0 Å². The first-order valence-corrected chi connectivity index (χ1v) is 7.26. The number of nitrogens with one attached hydrogen (secondary N) is 1. The van der Waals surface area contributed by atoms with Crippen molar-refractivity contribution in [2.45, 2.75) is 76.4 Å². The second kappa shape index (κ2) is 6.61. The third-order valence-corrected chi connectivity index (χ3v) is 4.37. The molecule has 2 aliphatic carbocycles. The maximum absolute atomic E-state index is 9.45. The fourth-order valence-electron chi connectivity index (χ4n) is 3.18. The molecule has 94 valence electrons. The third kappa shape index (κ3) is 4.06. The molecule has 2 nitrogen and oxygen atoms in total. The van der Waals surface area contributed by atoms with Crippen molar-refractivity contribution < 1.29 is 5.11 Å². The van der Waals surface area contributed by atoms with Crippen molar-refractivity contribution in [2.75, 3.05) is 6.54 Å². The van der Waals surface area contributed by atoms with Crippen LogP contribution in [0.1, 0.15) is 64.2 Å². The predicted octanol–water partition coefficient (Wildman–Crippen LogP) is 2.85. The molecule has 0 atom stereocenters. The maximum atomic E-state index is 9.45. The molecule has 0 heterocycles. The molecule has 0 spiro atoms. The van der Waals surface area contributed by atoms with E-state index in [1.54, 1.807) is 0 Å². The summed E-state index contributed by atoms with van der Waals surface area (Å²) in [6.07, 6.45) is 13.0. The summed E-state index contributed by atoms with van der Waals surface area (Å²) >= 11 is 0. The lowest BCUT2D eigenvalue weighted by molar-refractivity contribution is 0.115. The van der Waals surface area contributed by atoms with Crippen LogP contribution in [0, 0.1) is 5.92 Å². The van der Waals surface area contributed by atoms with E-state index < -0.39 is 0 Å². The van der Waals surface area contributed by atoms with E-state index in [0.717, 1.165) is 18.8 Å². The predicted molar refractivity (Wildman–Crippen MR) is 67.5 cm³/mol. The summed E-state index contributed by atoms with van der Waals surface area (Å²) < 4.78 is 0. The van der Waals surface area contributed by atoms with Gasteiger partial charge in [-0.3, -0.25) is 0 Å². The summed E-state index contributed by atoms with van der Waals surface area (Å²) in [6, 6.07) is 0.687. The Kier molecular flexibility index (Phi) is 5.11. The molecule has 0 amide bonds. The Bertz CT molecular complexity index is 179. The van der Waals surface area contributed by atoms with E-state index in [1.165, 1.54) is 57.9 Å². The summed E-state index contributed by atoms with van der Waals surface area (Å²) in [6.45, 7) is 1.22. The van der Waals surface area contributed by atoms with Crippen molar-refractivity contribution in [3.8, 4) is 0 Å². The van der Waals surface area contributed by atoms with E-state index in [0.29, 0.717) is 6.04 Å². The van der Waals surface area contributed by atoms with Crippen LogP contribution in [0.25, 0.3) is 0 Å². The minimum Gasteiger partial charge on any atom is -0.393 e. The van der Waals surface area contributed by atoms with E-state index >= 15 is 0 Å². The Balaban J connectivity index is 1.62. The Morgan fingerprint density at radius 3 is 2.06 bits per heavy atom. The van der Waals surface area contributed by atoms with Crippen LogP contribution in [0.15, 0.2) is 0 Å². The van der Waals surface area contributed by atoms with Crippen LogP contribution in [0.5, 0.6) is 0 Å². The average Bonchev–Trinajstić information content (AvgIpc) is 2.57. The van der Waals surface area contributed by atoms with Crippen molar-refractivity contribution in [1.29, 1.82) is 0 Å². The second-order valence-corrected chi connectivity index (χ2v) is 5.77. The zero-order chi connectivity index (χ0) is 11.2. The van der Waals surface area contributed by atoms with E-state index in [9.17, 15) is 5.11 Å². The van der Waals surface area contributed by atoms with Gasteiger partial charge in [0.05, 0.1) is 6.10 Å². The Morgan fingerprint density at radius 2 is 1.44 bits per heavy atom. The lowest BCUT2D eigenvalue weighted by Gasteiger charge is -2.28. The summed E-state index contributed by atoms with van der Waals surface area (Å²) in [5.74, 6) is 0.925. The fraction of sp³-hybridized carbons (Fsp3) is 1.00. The van der Waals surface area contributed by atoms with E-state index in [1.807, 2.05) is 0 Å². The van der Waals surface area contributed by atoms with Gasteiger partial charge in [0, 0.05) is 6.04 Å². The lowest BCUT2D eigenvalue weighted by Crippen LogP contribution is -2.37. The van der Waals surface area contributed by atoms with Gasteiger partial charge >= 0.3 is 0 Å². The highest BCUT2D eigenvalue weighted by molar-refractivity contribution is 4.78. The van der Waals surface area contributed by atoms with Gasteiger partial charge in [-0.1, -0.05) is 25.7 Å². The molecule has 0 aromatic heterocycles. The lowest BCUT2D eigenvalue weighted by atomic mass is 9.92. The number of aliphatic hydroxyl groups is 1. The fourth-order valence-corrected chi connectivity index (χ4v) is 3.18. The molecule has 0 radical (unpaired) electrons. The molecule has 0 unspecified atom stereocenters. The molecule has 0 saturated heterocycles. The first-order chi connectivity index (χ1) is 7.84. The molecule has 2 heteroatoms. The van der Waals surface area contributed by atoms with Gasteiger partial charge in [-0.05, 0) is 51.0 Å². The minimum atomic E-state index is -0.0177.